The molecule has 2 N–H and O–H groups in total. The maximum Gasteiger partial charge on any atom is 0.222 e. The summed E-state index contributed by atoms with van der Waals surface area (Å²) >= 11 is 0. The van der Waals surface area contributed by atoms with Gasteiger partial charge in [-0.2, -0.15) is 0 Å². The molecule has 7 nitrogen and oxygen atoms in total. The monoisotopic (exact) mass is 508 g/mol. The zero-order chi connectivity index (χ0) is 18.9. The molecular formula is C20H37IN4O3. The molecule has 0 aromatic carbocycles. The van der Waals surface area contributed by atoms with Crippen molar-refractivity contribution in [3.05, 3.63) is 0 Å². The number of hydrogen-bond acceptors (Lipinski definition) is 4. The van der Waals surface area contributed by atoms with Gasteiger partial charge in [-0.05, 0) is 32.6 Å². The summed E-state index contributed by atoms with van der Waals surface area (Å²) in [6.45, 7) is 6.56. The minimum atomic E-state index is 0. The molecule has 0 spiro atoms. The lowest BCUT2D eigenvalue weighted by molar-refractivity contribution is -0.121. The van der Waals surface area contributed by atoms with Gasteiger partial charge in [-0.3, -0.25) is 9.79 Å². The van der Waals surface area contributed by atoms with Crippen LogP contribution in [0.2, 0.25) is 0 Å². The first kappa shape index (κ1) is 23.7. The van der Waals surface area contributed by atoms with Crippen molar-refractivity contribution in [1.29, 1.82) is 0 Å². The molecule has 1 amide bonds. The van der Waals surface area contributed by atoms with Crippen LogP contribution in [0.3, 0.4) is 0 Å². The van der Waals surface area contributed by atoms with Crippen molar-refractivity contribution < 1.29 is 14.3 Å². The Labute approximate surface area is 186 Å². The average Bonchev–Trinajstić information content (AvgIpc) is 3.23. The fourth-order valence-corrected chi connectivity index (χ4v) is 4.22. The van der Waals surface area contributed by atoms with E-state index in [-0.39, 0.29) is 42.1 Å². The van der Waals surface area contributed by atoms with E-state index in [0.29, 0.717) is 25.6 Å². The molecule has 1 saturated carbocycles. The van der Waals surface area contributed by atoms with Crippen LogP contribution in [0.15, 0.2) is 4.99 Å². The van der Waals surface area contributed by atoms with Crippen molar-refractivity contribution >= 4 is 35.8 Å². The maximum atomic E-state index is 12.2. The van der Waals surface area contributed by atoms with Gasteiger partial charge >= 0.3 is 0 Å². The van der Waals surface area contributed by atoms with Gasteiger partial charge < -0.3 is 25.0 Å². The van der Waals surface area contributed by atoms with Crippen LogP contribution in [-0.4, -0.2) is 74.4 Å². The van der Waals surface area contributed by atoms with Crippen molar-refractivity contribution in [3.8, 4) is 0 Å². The summed E-state index contributed by atoms with van der Waals surface area (Å²) in [6.07, 6.45) is 8.97. The number of halogens is 1. The Balaban J connectivity index is 0.00000280. The van der Waals surface area contributed by atoms with Gasteiger partial charge in [0.2, 0.25) is 5.91 Å². The number of nitrogens with zero attached hydrogens (tertiary/aromatic N) is 2. The molecule has 1 aliphatic carbocycles. The highest BCUT2D eigenvalue weighted by Crippen LogP contribution is 2.21. The van der Waals surface area contributed by atoms with Gasteiger partial charge in [-0.15, -0.1) is 24.0 Å². The van der Waals surface area contributed by atoms with E-state index in [2.05, 4.69) is 22.5 Å². The zero-order valence-electron chi connectivity index (χ0n) is 17.2. The number of carbonyl (C=O) groups excluding carboxylic acids is 1. The number of guanidine groups is 1. The third-order valence-electron chi connectivity index (χ3n) is 5.68. The van der Waals surface area contributed by atoms with Crippen LogP contribution in [0, 0.1) is 0 Å². The van der Waals surface area contributed by atoms with Gasteiger partial charge in [0.15, 0.2) is 5.96 Å². The van der Waals surface area contributed by atoms with E-state index in [4.69, 9.17) is 14.5 Å². The van der Waals surface area contributed by atoms with Crippen LogP contribution < -0.4 is 10.6 Å². The quantitative estimate of drug-likeness (QED) is 0.327. The number of carbonyl (C=O) groups is 1. The lowest BCUT2D eigenvalue weighted by Gasteiger charge is -2.37. The standard InChI is InChI=1S/C20H36N4O3.HI/c1-2-21-20(22-11-10-19(25)23-16-7-4-3-5-8-16)24-12-14-27-18(15-24)17-9-6-13-26-17;/h16-18H,2-15H2,1H3,(H,21,22)(H,23,25);1H. The molecule has 2 atom stereocenters. The highest BCUT2D eigenvalue weighted by Gasteiger charge is 2.32. The van der Waals surface area contributed by atoms with E-state index < -0.39 is 0 Å². The fraction of sp³-hybridized carbons (Fsp3) is 0.900. The van der Waals surface area contributed by atoms with E-state index in [1.165, 1.54) is 19.3 Å². The third-order valence-corrected chi connectivity index (χ3v) is 5.68. The molecule has 8 heteroatoms. The molecule has 3 rings (SSSR count). The van der Waals surface area contributed by atoms with E-state index >= 15 is 0 Å². The number of aliphatic imine (C=N–C) groups is 1. The van der Waals surface area contributed by atoms with E-state index in [1.807, 2.05) is 0 Å². The summed E-state index contributed by atoms with van der Waals surface area (Å²) in [5, 5.41) is 6.54. The molecular weight excluding hydrogens is 471 g/mol. The molecule has 2 saturated heterocycles. The Hall–Kier alpha value is -0.610. The van der Waals surface area contributed by atoms with Crippen molar-refractivity contribution in [2.24, 2.45) is 4.99 Å². The predicted molar refractivity (Wildman–Crippen MR) is 121 cm³/mol. The minimum absolute atomic E-state index is 0. The number of amides is 1. The van der Waals surface area contributed by atoms with Crippen LogP contribution in [0.5, 0.6) is 0 Å². The minimum Gasteiger partial charge on any atom is -0.375 e. The molecule has 0 aromatic heterocycles. The highest BCUT2D eigenvalue weighted by atomic mass is 127. The van der Waals surface area contributed by atoms with Crippen molar-refractivity contribution in [2.45, 2.75) is 76.5 Å². The largest absolute Gasteiger partial charge is 0.375 e. The van der Waals surface area contributed by atoms with E-state index in [9.17, 15) is 4.79 Å². The van der Waals surface area contributed by atoms with E-state index in [0.717, 1.165) is 57.9 Å². The molecule has 162 valence electrons. The molecule has 2 heterocycles. The number of nitrogens with one attached hydrogen (secondary N) is 2. The Morgan fingerprint density at radius 1 is 1.07 bits per heavy atom. The molecule has 28 heavy (non-hydrogen) atoms. The Morgan fingerprint density at radius 3 is 2.57 bits per heavy atom. The normalized spacial score (nSPS) is 26.6. The number of rotatable bonds is 6. The van der Waals surface area contributed by atoms with Crippen molar-refractivity contribution in [2.75, 3.05) is 39.4 Å². The van der Waals surface area contributed by atoms with Crippen LogP contribution in [0.4, 0.5) is 0 Å². The lowest BCUT2D eigenvalue weighted by Crippen LogP contribution is -2.53. The Morgan fingerprint density at radius 2 is 1.86 bits per heavy atom. The molecule has 0 radical (unpaired) electrons. The van der Waals surface area contributed by atoms with Gasteiger partial charge in [-0.1, -0.05) is 19.3 Å². The number of morpholine rings is 1. The number of hydrogen-bond donors (Lipinski definition) is 2. The van der Waals surface area contributed by atoms with Gasteiger partial charge in [0, 0.05) is 38.7 Å². The summed E-state index contributed by atoms with van der Waals surface area (Å²) < 4.78 is 11.7. The first-order valence-electron chi connectivity index (χ1n) is 10.8. The van der Waals surface area contributed by atoms with Crippen LogP contribution in [0.1, 0.15) is 58.3 Å². The summed E-state index contributed by atoms with van der Waals surface area (Å²) in [6, 6.07) is 0.370. The van der Waals surface area contributed by atoms with Crippen molar-refractivity contribution in [1.82, 2.24) is 15.5 Å². The van der Waals surface area contributed by atoms with Crippen LogP contribution in [-0.2, 0) is 14.3 Å². The first-order chi connectivity index (χ1) is 13.3. The van der Waals surface area contributed by atoms with Gasteiger partial charge in [-0.25, -0.2) is 0 Å². The summed E-state index contributed by atoms with van der Waals surface area (Å²) in [5.41, 5.74) is 0. The molecule has 2 unspecified atom stereocenters. The summed E-state index contributed by atoms with van der Waals surface area (Å²) in [5.74, 6) is 1.01. The fourth-order valence-electron chi connectivity index (χ4n) is 4.22. The lowest BCUT2D eigenvalue weighted by atomic mass is 9.95. The zero-order valence-corrected chi connectivity index (χ0v) is 19.5. The molecule has 0 bridgehead atoms. The van der Waals surface area contributed by atoms with E-state index in [1.54, 1.807) is 0 Å². The second-order valence-electron chi connectivity index (χ2n) is 7.79. The Bertz CT molecular complexity index is 494. The third kappa shape index (κ3) is 7.33. The van der Waals surface area contributed by atoms with Gasteiger partial charge in [0.1, 0.15) is 6.10 Å². The topological polar surface area (TPSA) is 75.2 Å². The average molecular weight is 508 g/mol. The molecule has 0 aromatic rings. The van der Waals surface area contributed by atoms with Crippen LogP contribution in [0.25, 0.3) is 0 Å². The van der Waals surface area contributed by atoms with Crippen molar-refractivity contribution in [3.63, 3.8) is 0 Å². The second-order valence-corrected chi connectivity index (χ2v) is 7.79. The van der Waals surface area contributed by atoms with Gasteiger partial charge in [0.05, 0.1) is 19.3 Å². The smallest absolute Gasteiger partial charge is 0.222 e. The Kier molecular flexibility index (Phi) is 10.9. The molecule has 3 fully saturated rings. The predicted octanol–water partition coefficient (Wildman–Crippen LogP) is 2.29. The summed E-state index contributed by atoms with van der Waals surface area (Å²) in [4.78, 5) is 19.2. The van der Waals surface area contributed by atoms with Crippen LogP contribution >= 0.6 is 24.0 Å². The summed E-state index contributed by atoms with van der Waals surface area (Å²) in [7, 11) is 0. The SMILES string of the molecule is CCNC(=NCCC(=O)NC1CCCCC1)N1CCOC(C2CCCO2)C1.I. The highest BCUT2D eigenvalue weighted by molar-refractivity contribution is 14.0. The maximum absolute atomic E-state index is 12.2. The second kappa shape index (κ2) is 12.8. The first-order valence-corrected chi connectivity index (χ1v) is 10.8. The molecule has 3 aliphatic rings. The molecule has 2 aliphatic heterocycles. The number of ether oxygens (including phenoxy) is 2. The van der Waals surface area contributed by atoms with Gasteiger partial charge in [0.25, 0.3) is 0 Å².